The first-order chi connectivity index (χ1) is 12.2. The van der Waals surface area contributed by atoms with Crippen LogP contribution in [-0.4, -0.2) is 36.4 Å². The Hall–Kier alpha value is -2.00. The molecular weight excluding hydrogens is 367 g/mol. The number of nitro groups is 1. The molecule has 1 aromatic carbocycles. The third-order valence-electron chi connectivity index (χ3n) is 2.85. The fourth-order valence-electron chi connectivity index (χ4n) is 1.73. The second kappa shape index (κ2) is 10.2. The lowest BCUT2D eigenvalue weighted by molar-refractivity contribution is -0.384. The van der Waals surface area contributed by atoms with Crippen molar-refractivity contribution in [3.8, 4) is 5.75 Å². The van der Waals surface area contributed by atoms with Gasteiger partial charge in [-0.2, -0.15) is 0 Å². The van der Waals surface area contributed by atoms with Crippen molar-refractivity contribution in [2.24, 2.45) is 0 Å². The van der Waals surface area contributed by atoms with E-state index in [1.54, 1.807) is 20.8 Å². The van der Waals surface area contributed by atoms with E-state index in [9.17, 15) is 19.5 Å². The van der Waals surface area contributed by atoms with Gasteiger partial charge in [0.25, 0.3) is 5.69 Å². The number of rotatable bonds is 11. The van der Waals surface area contributed by atoms with Gasteiger partial charge in [-0.15, -0.1) is 0 Å². The van der Waals surface area contributed by atoms with E-state index in [-0.39, 0.29) is 24.1 Å². The quantitative estimate of drug-likeness (QED) is 0.199. The average Bonchev–Trinajstić information content (AvgIpc) is 2.54. The van der Waals surface area contributed by atoms with Crippen LogP contribution < -0.4 is 9.82 Å². The Bertz CT molecular complexity index is 650. The zero-order valence-corrected chi connectivity index (χ0v) is 15.9. The monoisotopic (exact) mass is 390 g/mol. The highest BCUT2D eigenvalue weighted by atomic mass is 31.2. The van der Waals surface area contributed by atoms with Crippen molar-refractivity contribution in [3.63, 3.8) is 0 Å². The van der Waals surface area contributed by atoms with Gasteiger partial charge < -0.3 is 9.47 Å². The molecule has 1 unspecified atom stereocenters. The van der Waals surface area contributed by atoms with Gasteiger partial charge in [0.15, 0.2) is 6.79 Å². The maximum Gasteiger partial charge on any atom is 0.409 e. The summed E-state index contributed by atoms with van der Waals surface area (Å²) in [5.74, 6) is -0.314. The molecule has 0 aliphatic heterocycles. The van der Waals surface area contributed by atoms with Crippen molar-refractivity contribution >= 4 is 19.4 Å². The van der Waals surface area contributed by atoms with Gasteiger partial charge in [0.05, 0.1) is 17.6 Å². The van der Waals surface area contributed by atoms with Crippen LogP contribution in [0.3, 0.4) is 0 Å². The van der Waals surface area contributed by atoms with Crippen LogP contribution in [0, 0.1) is 10.1 Å². The van der Waals surface area contributed by atoms with Gasteiger partial charge in [-0.3, -0.25) is 24.0 Å². The number of carbonyl (C=O) groups is 1. The first-order valence-electron chi connectivity index (χ1n) is 7.91. The summed E-state index contributed by atoms with van der Waals surface area (Å²) in [7, 11) is -3.82. The Labute approximate surface area is 151 Å². The highest BCUT2D eigenvalue weighted by molar-refractivity contribution is 7.51. The smallest absolute Gasteiger partial charge is 0.409 e. The standard InChI is InChI=1S/C15H23N2O8P/c1-5-23-26(21,16-12(4)15(18)25-11(2)3)24-10-22-14-8-6-13(7-9-14)17(19)20/h6-9,11-12H,5,10H2,1-4H3,(H,16,21)/t12-,26?/m0/s1. The van der Waals surface area contributed by atoms with E-state index in [4.69, 9.17) is 18.5 Å². The van der Waals surface area contributed by atoms with Crippen molar-refractivity contribution < 1.29 is 32.8 Å². The van der Waals surface area contributed by atoms with E-state index in [0.717, 1.165) is 0 Å². The highest BCUT2D eigenvalue weighted by Crippen LogP contribution is 2.44. The van der Waals surface area contributed by atoms with Crippen molar-refractivity contribution in [1.82, 2.24) is 5.09 Å². The number of ether oxygens (including phenoxy) is 2. The van der Waals surface area contributed by atoms with Crippen LogP contribution in [0.1, 0.15) is 27.7 Å². The molecule has 1 rings (SSSR count). The molecule has 0 spiro atoms. The molecule has 0 radical (unpaired) electrons. The van der Waals surface area contributed by atoms with Crippen LogP contribution >= 0.6 is 7.75 Å². The highest BCUT2D eigenvalue weighted by Gasteiger charge is 2.30. The van der Waals surface area contributed by atoms with Crippen molar-refractivity contribution in [2.75, 3.05) is 13.4 Å². The molecule has 0 fully saturated rings. The summed E-state index contributed by atoms with van der Waals surface area (Å²) in [6.45, 7) is 6.10. The summed E-state index contributed by atoms with van der Waals surface area (Å²) in [6, 6.07) is 4.36. The fourth-order valence-corrected chi connectivity index (χ4v) is 3.07. The largest absolute Gasteiger partial charge is 0.467 e. The number of nitrogens with one attached hydrogen (secondary N) is 1. The molecule has 0 heterocycles. The Balaban J connectivity index is 2.61. The third kappa shape index (κ3) is 7.49. The molecule has 0 saturated heterocycles. The summed E-state index contributed by atoms with van der Waals surface area (Å²) in [5, 5.41) is 13.1. The van der Waals surface area contributed by atoms with E-state index in [0.29, 0.717) is 0 Å². The molecule has 11 heteroatoms. The van der Waals surface area contributed by atoms with Gasteiger partial charge in [-0.05, 0) is 39.8 Å². The first-order valence-corrected chi connectivity index (χ1v) is 9.45. The van der Waals surface area contributed by atoms with Crippen molar-refractivity contribution in [1.29, 1.82) is 0 Å². The molecule has 0 aliphatic carbocycles. The Morgan fingerprint density at radius 2 is 1.85 bits per heavy atom. The summed E-state index contributed by atoms with van der Waals surface area (Å²) >= 11 is 0. The zero-order valence-electron chi connectivity index (χ0n) is 15.0. The number of hydrogen-bond donors (Lipinski definition) is 1. The number of benzene rings is 1. The molecule has 1 aromatic rings. The predicted molar refractivity (Wildman–Crippen MR) is 92.7 cm³/mol. The summed E-state index contributed by atoms with van der Waals surface area (Å²) < 4.78 is 33.1. The van der Waals surface area contributed by atoms with E-state index in [1.165, 1.54) is 31.2 Å². The minimum Gasteiger partial charge on any atom is -0.467 e. The number of esters is 1. The molecule has 0 aromatic heterocycles. The number of carbonyl (C=O) groups excluding carboxylic acids is 1. The second-order valence-corrected chi connectivity index (χ2v) is 7.16. The lowest BCUT2D eigenvalue weighted by atomic mass is 10.3. The van der Waals surface area contributed by atoms with Crippen LogP contribution in [0.15, 0.2) is 24.3 Å². The van der Waals surface area contributed by atoms with Crippen molar-refractivity contribution in [2.45, 2.75) is 39.8 Å². The predicted octanol–water partition coefficient (Wildman–Crippen LogP) is 3.02. The molecule has 0 bridgehead atoms. The number of hydrogen-bond acceptors (Lipinski definition) is 8. The third-order valence-corrected chi connectivity index (χ3v) is 4.60. The maximum absolute atomic E-state index is 12.6. The summed E-state index contributed by atoms with van der Waals surface area (Å²) in [5.41, 5.74) is -0.0857. The van der Waals surface area contributed by atoms with E-state index in [2.05, 4.69) is 5.09 Å². The minimum absolute atomic E-state index is 0.0771. The molecule has 10 nitrogen and oxygen atoms in total. The fraction of sp³-hybridized carbons (Fsp3) is 0.533. The molecule has 0 saturated carbocycles. The molecule has 1 N–H and O–H groups in total. The number of nitrogens with zero attached hydrogens (tertiary/aromatic N) is 1. The normalized spacial score (nSPS) is 14.5. The topological polar surface area (TPSA) is 126 Å². The summed E-state index contributed by atoms with van der Waals surface area (Å²) in [4.78, 5) is 21.9. The Kier molecular flexibility index (Phi) is 8.67. The van der Waals surface area contributed by atoms with Crippen LogP contribution in [0.25, 0.3) is 0 Å². The molecule has 0 aliphatic rings. The number of nitro benzene ring substituents is 1. The molecule has 146 valence electrons. The molecule has 26 heavy (non-hydrogen) atoms. The van der Waals surface area contributed by atoms with Gasteiger partial charge in [0.1, 0.15) is 11.8 Å². The number of non-ortho nitro benzene ring substituents is 1. The van der Waals surface area contributed by atoms with Gasteiger partial charge in [-0.25, -0.2) is 9.65 Å². The van der Waals surface area contributed by atoms with Crippen LogP contribution in [-0.2, 0) is 23.1 Å². The zero-order chi connectivity index (χ0) is 19.7. The van der Waals surface area contributed by atoms with E-state index in [1.807, 2.05) is 0 Å². The van der Waals surface area contributed by atoms with Gasteiger partial charge in [-0.1, -0.05) is 0 Å². The summed E-state index contributed by atoms with van der Waals surface area (Å²) in [6.07, 6.45) is -0.315. The molecule has 0 amide bonds. The van der Waals surface area contributed by atoms with E-state index < -0.39 is 31.5 Å². The molecule has 2 atom stereocenters. The van der Waals surface area contributed by atoms with Gasteiger partial charge in [0.2, 0.25) is 0 Å². The molecular formula is C15H23N2O8P. The first kappa shape index (κ1) is 22.0. The van der Waals surface area contributed by atoms with Crippen LogP contribution in [0.4, 0.5) is 5.69 Å². The lowest BCUT2D eigenvalue weighted by Gasteiger charge is -2.22. The Morgan fingerprint density at radius 1 is 1.23 bits per heavy atom. The van der Waals surface area contributed by atoms with Gasteiger partial charge in [0, 0.05) is 12.1 Å². The van der Waals surface area contributed by atoms with Crippen LogP contribution in [0.5, 0.6) is 5.75 Å². The van der Waals surface area contributed by atoms with E-state index >= 15 is 0 Å². The average molecular weight is 390 g/mol. The van der Waals surface area contributed by atoms with Gasteiger partial charge >= 0.3 is 13.7 Å². The van der Waals surface area contributed by atoms with Crippen molar-refractivity contribution in [3.05, 3.63) is 34.4 Å². The SMILES string of the molecule is CCOP(=O)(N[C@@H](C)C(=O)OC(C)C)OCOc1ccc([N+](=O)[O-])cc1. The minimum atomic E-state index is -3.82. The second-order valence-electron chi connectivity index (χ2n) is 5.39. The maximum atomic E-state index is 12.6. The Morgan fingerprint density at radius 3 is 2.35 bits per heavy atom. The lowest BCUT2D eigenvalue weighted by Crippen LogP contribution is -2.35. The van der Waals surface area contributed by atoms with Crippen LogP contribution in [0.2, 0.25) is 0 Å².